The molecule has 2 N–H and O–H groups in total. The van der Waals surface area contributed by atoms with Crippen LogP contribution in [0.3, 0.4) is 0 Å². The van der Waals surface area contributed by atoms with Gasteiger partial charge in [-0.3, -0.25) is 4.55 Å². The Balaban J connectivity index is 1.82. The van der Waals surface area contributed by atoms with Crippen LogP contribution in [0.4, 0.5) is 0 Å². The quantitative estimate of drug-likeness (QED) is 0.197. The fourth-order valence-corrected chi connectivity index (χ4v) is 4.78. The van der Waals surface area contributed by atoms with Crippen molar-refractivity contribution in [1.29, 1.82) is 0 Å². The number of aryl methyl sites for hydroxylation is 1. The molecule has 2 aromatic rings. The van der Waals surface area contributed by atoms with Gasteiger partial charge in [0.15, 0.2) is 0 Å². The van der Waals surface area contributed by atoms with E-state index < -0.39 is 20.8 Å². The fraction of sp³-hybridized carbons (Fsp3) is 0.538. The molecule has 0 amide bonds. The fourth-order valence-electron chi connectivity index (χ4n) is 3.97. The number of hydrogen-bond donors (Lipinski definition) is 2. The van der Waals surface area contributed by atoms with Gasteiger partial charge in [-0.2, -0.15) is 8.42 Å². The number of phenolic OH excluding ortho intramolecular Hbond substituents is 1. The second-order valence-electron chi connectivity index (χ2n) is 8.46. The van der Waals surface area contributed by atoms with E-state index >= 15 is 0 Å². The first-order valence-corrected chi connectivity index (χ1v) is 13.4. The molecule has 0 fully saturated rings. The van der Waals surface area contributed by atoms with Crippen molar-refractivity contribution in [3.05, 3.63) is 48.0 Å². The Bertz CT molecular complexity index is 894. The lowest BCUT2D eigenvalue weighted by Gasteiger charge is -2.13. The number of benzene rings is 2. The molecule has 0 aliphatic rings. The SMILES string of the molecule is CCCCCCCCCCCCCCc1cc(Oc2ccccc2)cc(O)c1S(=O)(=O)O. The summed E-state index contributed by atoms with van der Waals surface area (Å²) in [6, 6.07) is 11.9. The maximum atomic E-state index is 11.8. The minimum atomic E-state index is -4.53. The number of unbranched alkanes of at least 4 members (excludes halogenated alkanes) is 11. The Morgan fingerprint density at radius 2 is 1.28 bits per heavy atom. The lowest BCUT2D eigenvalue weighted by Crippen LogP contribution is -2.04. The first-order chi connectivity index (χ1) is 15.4. The zero-order chi connectivity index (χ0) is 23.2. The highest BCUT2D eigenvalue weighted by molar-refractivity contribution is 7.86. The molecule has 0 saturated heterocycles. The maximum absolute atomic E-state index is 11.8. The zero-order valence-corrected chi connectivity index (χ0v) is 20.1. The molecule has 0 spiro atoms. The molecule has 0 atom stereocenters. The van der Waals surface area contributed by atoms with Crippen LogP contribution in [-0.2, 0) is 16.5 Å². The summed E-state index contributed by atoms with van der Waals surface area (Å²) in [6.45, 7) is 2.24. The van der Waals surface area contributed by atoms with Gasteiger partial charge in [-0.25, -0.2) is 0 Å². The molecule has 0 bridgehead atoms. The topological polar surface area (TPSA) is 83.8 Å². The summed E-state index contributed by atoms with van der Waals surface area (Å²) < 4.78 is 39.0. The second-order valence-corrected chi connectivity index (χ2v) is 9.82. The Morgan fingerprint density at radius 1 is 0.750 bits per heavy atom. The van der Waals surface area contributed by atoms with Crippen molar-refractivity contribution in [3.8, 4) is 17.2 Å². The first kappa shape index (κ1) is 26.2. The number of ether oxygens (including phenoxy) is 1. The molecule has 0 heterocycles. The smallest absolute Gasteiger partial charge is 0.298 e. The Kier molecular flexibility index (Phi) is 11.6. The third-order valence-corrected chi connectivity index (χ3v) is 6.64. The molecule has 0 aromatic heterocycles. The van der Waals surface area contributed by atoms with E-state index in [4.69, 9.17) is 4.74 Å². The van der Waals surface area contributed by atoms with E-state index in [1.54, 1.807) is 18.2 Å². The zero-order valence-electron chi connectivity index (χ0n) is 19.3. The standard InChI is InChI=1S/C26H38O5S/c1-2-3-4-5-6-7-8-9-10-11-12-14-17-22-20-24(31-23-18-15-13-16-19-23)21-25(27)26(22)32(28,29)30/h13,15-16,18-21,27H,2-12,14,17H2,1H3,(H,28,29,30). The summed E-state index contributed by atoms with van der Waals surface area (Å²) in [5.74, 6) is 0.438. The van der Waals surface area contributed by atoms with Crippen LogP contribution in [0, 0.1) is 0 Å². The molecule has 0 aliphatic carbocycles. The van der Waals surface area contributed by atoms with Gasteiger partial charge in [0.05, 0.1) is 0 Å². The van der Waals surface area contributed by atoms with E-state index in [1.165, 1.54) is 63.9 Å². The Morgan fingerprint density at radius 3 is 1.81 bits per heavy atom. The van der Waals surface area contributed by atoms with Crippen LogP contribution < -0.4 is 4.74 Å². The molecule has 32 heavy (non-hydrogen) atoms. The molecule has 0 radical (unpaired) electrons. The van der Waals surface area contributed by atoms with Crippen LogP contribution >= 0.6 is 0 Å². The summed E-state index contributed by atoms with van der Waals surface area (Å²) in [5, 5.41) is 10.3. The van der Waals surface area contributed by atoms with E-state index in [1.807, 2.05) is 18.2 Å². The molecular weight excluding hydrogens is 424 g/mol. The van der Waals surface area contributed by atoms with Gasteiger partial charge in [0, 0.05) is 6.07 Å². The highest BCUT2D eigenvalue weighted by atomic mass is 32.2. The molecule has 178 valence electrons. The Hall–Kier alpha value is -2.05. The van der Waals surface area contributed by atoms with Crippen molar-refractivity contribution in [2.24, 2.45) is 0 Å². The monoisotopic (exact) mass is 462 g/mol. The molecule has 5 nitrogen and oxygen atoms in total. The molecule has 0 unspecified atom stereocenters. The van der Waals surface area contributed by atoms with Crippen LogP contribution in [0.2, 0.25) is 0 Å². The third-order valence-electron chi connectivity index (χ3n) is 5.66. The first-order valence-electron chi connectivity index (χ1n) is 12.0. The highest BCUT2D eigenvalue weighted by Gasteiger charge is 2.22. The minimum absolute atomic E-state index is 0.343. The van der Waals surface area contributed by atoms with Gasteiger partial charge in [-0.15, -0.1) is 0 Å². The van der Waals surface area contributed by atoms with Gasteiger partial charge in [0.25, 0.3) is 10.1 Å². The molecule has 2 rings (SSSR count). The van der Waals surface area contributed by atoms with Gasteiger partial charge in [-0.1, -0.05) is 95.8 Å². The molecule has 6 heteroatoms. The predicted molar refractivity (Wildman–Crippen MR) is 129 cm³/mol. The van der Waals surface area contributed by atoms with Gasteiger partial charge >= 0.3 is 0 Å². The highest BCUT2D eigenvalue weighted by Crippen LogP contribution is 2.34. The number of aromatic hydroxyl groups is 1. The van der Waals surface area contributed by atoms with Crippen molar-refractivity contribution in [1.82, 2.24) is 0 Å². The largest absolute Gasteiger partial charge is 0.506 e. The summed E-state index contributed by atoms with van der Waals surface area (Å²) in [6.07, 6.45) is 15.0. The number of hydrogen-bond acceptors (Lipinski definition) is 4. The molecule has 0 saturated carbocycles. The van der Waals surface area contributed by atoms with E-state index in [0.29, 0.717) is 23.5 Å². The van der Waals surface area contributed by atoms with E-state index in [0.717, 1.165) is 19.3 Å². The average Bonchev–Trinajstić information content (AvgIpc) is 2.74. The predicted octanol–water partition coefficient (Wildman–Crippen LogP) is 7.67. The van der Waals surface area contributed by atoms with E-state index in [9.17, 15) is 18.1 Å². The van der Waals surface area contributed by atoms with Crippen LogP contribution in [-0.4, -0.2) is 18.1 Å². The van der Waals surface area contributed by atoms with Crippen LogP contribution in [0.15, 0.2) is 47.4 Å². The molecular formula is C26H38O5S. The third kappa shape index (κ3) is 9.61. The summed E-state index contributed by atoms with van der Waals surface area (Å²) in [7, 11) is -4.53. The van der Waals surface area contributed by atoms with Gasteiger partial charge in [0.2, 0.25) is 0 Å². The normalized spacial score (nSPS) is 11.6. The van der Waals surface area contributed by atoms with Crippen LogP contribution in [0.5, 0.6) is 17.2 Å². The summed E-state index contributed by atoms with van der Waals surface area (Å²) in [4.78, 5) is -0.416. The van der Waals surface area contributed by atoms with Gasteiger partial charge in [0.1, 0.15) is 22.1 Å². The van der Waals surface area contributed by atoms with Crippen molar-refractivity contribution in [3.63, 3.8) is 0 Å². The number of phenols is 1. The molecule has 0 aliphatic heterocycles. The van der Waals surface area contributed by atoms with Crippen LogP contribution in [0.1, 0.15) is 89.5 Å². The summed E-state index contributed by atoms with van der Waals surface area (Å²) >= 11 is 0. The van der Waals surface area contributed by atoms with Crippen molar-refractivity contribution < 1.29 is 22.8 Å². The average molecular weight is 463 g/mol. The maximum Gasteiger partial charge on any atom is 0.298 e. The van der Waals surface area contributed by atoms with Crippen molar-refractivity contribution >= 4 is 10.1 Å². The van der Waals surface area contributed by atoms with Gasteiger partial charge < -0.3 is 9.84 Å². The Labute approximate surface area is 193 Å². The van der Waals surface area contributed by atoms with E-state index in [-0.39, 0.29) is 0 Å². The molecule has 2 aromatic carbocycles. The van der Waals surface area contributed by atoms with Crippen LogP contribution in [0.25, 0.3) is 0 Å². The van der Waals surface area contributed by atoms with Crippen molar-refractivity contribution in [2.75, 3.05) is 0 Å². The lowest BCUT2D eigenvalue weighted by molar-refractivity contribution is 0.430. The second kappa shape index (κ2) is 14.2. The summed E-state index contributed by atoms with van der Waals surface area (Å²) in [5.41, 5.74) is 0.380. The number of rotatable bonds is 16. The minimum Gasteiger partial charge on any atom is -0.506 e. The lowest BCUT2D eigenvalue weighted by atomic mass is 10.0. The van der Waals surface area contributed by atoms with E-state index in [2.05, 4.69) is 6.92 Å². The van der Waals surface area contributed by atoms with Gasteiger partial charge in [-0.05, 0) is 36.6 Å². The van der Waals surface area contributed by atoms with Crippen molar-refractivity contribution in [2.45, 2.75) is 95.3 Å². The number of para-hydroxylation sites is 1.